The topological polar surface area (TPSA) is 56.5 Å². The van der Waals surface area contributed by atoms with Crippen LogP contribution < -0.4 is 10.3 Å². The molecule has 0 saturated carbocycles. The number of aryl methyl sites for hydroxylation is 1. The Morgan fingerprint density at radius 3 is 2.60 bits per heavy atom. The molecule has 1 heterocycles. The summed E-state index contributed by atoms with van der Waals surface area (Å²) in [6.45, 7) is 9.06. The number of hydrogen-bond acceptors (Lipinski definition) is 4. The lowest BCUT2D eigenvalue weighted by molar-refractivity contribution is 0.197. The Hall–Kier alpha value is -1.99. The second-order valence-electron chi connectivity index (χ2n) is 8.34. The molecule has 0 aliphatic heterocycles. The minimum absolute atomic E-state index is 0.0779. The fourth-order valence-corrected chi connectivity index (χ4v) is 3.70. The summed E-state index contributed by atoms with van der Waals surface area (Å²) in [6.07, 6.45) is 3.21. The molecule has 0 amide bonds. The van der Waals surface area contributed by atoms with Crippen molar-refractivity contribution < 1.29 is 4.74 Å². The Kier molecular flexibility index (Phi) is 7.14. The summed E-state index contributed by atoms with van der Waals surface area (Å²) in [5.74, 6) is 1.43. The van der Waals surface area contributed by atoms with Crippen molar-refractivity contribution in [1.29, 1.82) is 0 Å². The summed E-state index contributed by atoms with van der Waals surface area (Å²) in [5, 5.41) is 5.01. The fourth-order valence-electron chi connectivity index (χ4n) is 2.83. The van der Waals surface area contributed by atoms with Crippen LogP contribution in [0.4, 0.5) is 0 Å². The fraction of sp³-hybridized carbons (Fsp3) is 0.348. The van der Waals surface area contributed by atoms with Crippen molar-refractivity contribution in [2.75, 3.05) is 6.61 Å². The largest absolute Gasteiger partial charge is 0.492 e. The lowest BCUT2D eigenvalue weighted by atomic mass is 9.99. The highest BCUT2D eigenvalue weighted by molar-refractivity contribution is 9.10. The van der Waals surface area contributed by atoms with Crippen LogP contribution in [0.15, 0.2) is 55.2 Å². The van der Waals surface area contributed by atoms with Gasteiger partial charge in [0.15, 0.2) is 0 Å². The number of halogens is 2. The summed E-state index contributed by atoms with van der Waals surface area (Å²) in [6, 6.07) is 11.3. The van der Waals surface area contributed by atoms with Gasteiger partial charge in [-0.15, -0.1) is 0 Å². The van der Waals surface area contributed by atoms with Crippen molar-refractivity contribution in [2.24, 2.45) is 10.5 Å². The number of hydrogen-bond donors (Lipinski definition) is 0. The molecular formula is C23H25Br2N3O2. The minimum Gasteiger partial charge on any atom is -0.492 e. The highest BCUT2D eigenvalue weighted by atomic mass is 79.9. The Bertz CT molecular complexity index is 1150. The van der Waals surface area contributed by atoms with Gasteiger partial charge in [-0.05, 0) is 69.7 Å². The average molecular weight is 535 g/mol. The maximum atomic E-state index is 13.1. The van der Waals surface area contributed by atoms with Crippen molar-refractivity contribution >= 4 is 49.0 Å². The molecule has 0 aliphatic carbocycles. The van der Waals surface area contributed by atoms with Gasteiger partial charge in [-0.2, -0.15) is 9.78 Å². The van der Waals surface area contributed by atoms with Crippen LogP contribution in [0.2, 0.25) is 0 Å². The van der Waals surface area contributed by atoms with Crippen LogP contribution in [0.1, 0.15) is 45.5 Å². The van der Waals surface area contributed by atoms with E-state index in [2.05, 4.69) is 69.6 Å². The molecule has 30 heavy (non-hydrogen) atoms. The van der Waals surface area contributed by atoms with E-state index in [1.807, 2.05) is 30.3 Å². The quantitative estimate of drug-likeness (QED) is 0.355. The van der Waals surface area contributed by atoms with E-state index in [4.69, 9.17) is 4.74 Å². The van der Waals surface area contributed by atoms with Crippen LogP contribution in [0.25, 0.3) is 10.9 Å². The van der Waals surface area contributed by atoms with E-state index in [0.717, 1.165) is 26.7 Å². The molecule has 0 N–H and O–H groups in total. The molecule has 0 bridgehead atoms. The standard InChI is InChI=1S/C23H25Br2N3O2/c1-5-6-21-27-19-9-8-16(24)12-17(19)22(29)28(21)26-13-15-7-10-20(18(25)11-15)30-14-23(2,3)4/h7-13H,5-6,14H2,1-4H3. The molecule has 0 unspecified atom stereocenters. The lowest BCUT2D eigenvalue weighted by Crippen LogP contribution is -2.22. The van der Waals surface area contributed by atoms with Crippen molar-refractivity contribution in [2.45, 2.75) is 40.5 Å². The molecule has 0 saturated heterocycles. The molecule has 0 spiro atoms. The van der Waals surface area contributed by atoms with Crippen molar-refractivity contribution in [1.82, 2.24) is 9.66 Å². The molecule has 0 fully saturated rings. The molecule has 0 radical (unpaired) electrons. The predicted molar refractivity (Wildman–Crippen MR) is 130 cm³/mol. The van der Waals surface area contributed by atoms with E-state index in [0.29, 0.717) is 29.8 Å². The summed E-state index contributed by atoms with van der Waals surface area (Å²) in [5.41, 5.74) is 1.44. The summed E-state index contributed by atoms with van der Waals surface area (Å²) in [7, 11) is 0. The van der Waals surface area contributed by atoms with Gasteiger partial charge in [0.05, 0.1) is 28.2 Å². The Labute approximate surface area is 193 Å². The van der Waals surface area contributed by atoms with Gasteiger partial charge in [0, 0.05) is 10.9 Å². The van der Waals surface area contributed by atoms with Crippen LogP contribution >= 0.6 is 31.9 Å². The number of fused-ring (bicyclic) bond motifs is 1. The third-order valence-corrected chi connectivity index (χ3v) is 5.40. The first-order chi connectivity index (χ1) is 14.2. The minimum atomic E-state index is -0.176. The molecule has 3 rings (SSSR count). The van der Waals surface area contributed by atoms with E-state index in [9.17, 15) is 4.79 Å². The lowest BCUT2D eigenvalue weighted by Gasteiger charge is -2.19. The van der Waals surface area contributed by atoms with Crippen molar-refractivity contribution in [3.63, 3.8) is 0 Å². The zero-order valence-electron chi connectivity index (χ0n) is 17.6. The number of aromatic nitrogens is 2. The van der Waals surface area contributed by atoms with Gasteiger partial charge in [-0.1, -0.05) is 43.6 Å². The molecule has 1 aromatic heterocycles. The first-order valence-electron chi connectivity index (χ1n) is 9.86. The smallest absolute Gasteiger partial charge is 0.282 e. The Balaban J connectivity index is 1.95. The molecule has 7 heteroatoms. The van der Waals surface area contributed by atoms with Gasteiger partial charge in [0.2, 0.25) is 0 Å². The molecule has 0 atom stereocenters. The summed E-state index contributed by atoms with van der Waals surface area (Å²) >= 11 is 6.99. The van der Waals surface area contributed by atoms with Crippen LogP contribution in [0.5, 0.6) is 5.75 Å². The Morgan fingerprint density at radius 1 is 1.17 bits per heavy atom. The van der Waals surface area contributed by atoms with Crippen molar-refractivity contribution in [3.8, 4) is 5.75 Å². The van der Waals surface area contributed by atoms with Crippen LogP contribution in [0.3, 0.4) is 0 Å². The van der Waals surface area contributed by atoms with E-state index in [-0.39, 0.29) is 11.0 Å². The third-order valence-electron chi connectivity index (χ3n) is 4.29. The zero-order valence-corrected chi connectivity index (χ0v) is 20.7. The van der Waals surface area contributed by atoms with E-state index < -0.39 is 0 Å². The normalized spacial score (nSPS) is 12.1. The maximum Gasteiger partial charge on any atom is 0.282 e. The second kappa shape index (κ2) is 9.43. The zero-order chi connectivity index (χ0) is 21.9. The Morgan fingerprint density at radius 2 is 1.93 bits per heavy atom. The SMILES string of the molecule is CCCc1nc2ccc(Br)cc2c(=O)n1N=Cc1ccc(OCC(C)(C)C)c(Br)c1. The highest BCUT2D eigenvalue weighted by Crippen LogP contribution is 2.27. The van der Waals surface area contributed by atoms with Gasteiger partial charge in [-0.3, -0.25) is 4.79 Å². The number of ether oxygens (including phenoxy) is 1. The van der Waals surface area contributed by atoms with Crippen LogP contribution in [-0.2, 0) is 6.42 Å². The number of benzene rings is 2. The molecule has 0 aliphatic rings. The highest BCUT2D eigenvalue weighted by Gasteiger charge is 2.13. The maximum absolute atomic E-state index is 13.1. The number of rotatable bonds is 6. The molecule has 3 aromatic rings. The molecule has 158 valence electrons. The third kappa shape index (κ3) is 5.58. The number of nitrogens with zero attached hydrogens (tertiary/aromatic N) is 3. The molecular weight excluding hydrogens is 510 g/mol. The monoisotopic (exact) mass is 533 g/mol. The van der Waals surface area contributed by atoms with Crippen molar-refractivity contribution in [3.05, 3.63) is 67.1 Å². The molecule has 2 aromatic carbocycles. The summed E-state index contributed by atoms with van der Waals surface area (Å²) < 4.78 is 8.97. The van der Waals surface area contributed by atoms with E-state index in [1.54, 1.807) is 12.3 Å². The van der Waals surface area contributed by atoms with Gasteiger partial charge in [-0.25, -0.2) is 4.98 Å². The van der Waals surface area contributed by atoms with Crippen LogP contribution in [-0.4, -0.2) is 22.5 Å². The molecule has 5 nitrogen and oxygen atoms in total. The average Bonchev–Trinajstić information content (AvgIpc) is 2.67. The first kappa shape index (κ1) is 22.7. The summed E-state index contributed by atoms with van der Waals surface area (Å²) in [4.78, 5) is 17.7. The van der Waals surface area contributed by atoms with Gasteiger partial charge >= 0.3 is 0 Å². The van der Waals surface area contributed by atoms with E-state index in [1.165, 1.54) is 4.68 Å². The van der Waals surface area contributed by atoms with Gasteiger partial charge < -0.3 is 4.74 Å². The van der Waals surface area contributed by atoms with Crippen LogP contribution in [0, 0.1) is 5.41 Å². The van der Waals surface area contributed by atoms with Gasteiger partial charge in [0.25, 0.3) is 5.56 Å². The van der Waals surface area contributed by atoms with E-state index >= 15 is 0 Å². The first-order valence-corrected chi connectivity index (χ1v) is 11.4. The second-order valence-corrected chi connectivity index (χ2v) is 10.1. The van der Waals surface area contributed by atoms with Gasteiger partial charge in [0.1, 0.15) is 11.6 Å². The predicted octanol–water partition coefficient (Wildman–Crippen LogP) is 6.18.